The molecule has 35 heavy (non-hydrogen) atoms. The van der Waals surface area contributed by atoms with Crippen molar-refractivity contribution in [1.82, 2.24) is 10.2 Å². The lowest BCUT2D eigenvalue weighted by molar-refractivity contribution is -0.140. The van der Waals surface area contributed by atoms with Gasteiger partial charge in [-0.05, 0) is 70.4 Å². The van der Waals surface area contributed by atoms with Crippen LogP contribution in [-0.4, -0.2) is 41.0 Å². The Morgan fingerprint density at radius 1 is 1.09 bits per heavy atom. The highest BCUT2D eigenvalue weighted by atomic mass is 16.6. The SMILES string of the molecule is C#Cc1ccc(C(C(=O)Nc2ccccc2C)N(CCC)C(=O)C(C)NC(=O)OC(C)(C)C)cc1. The van der Waals surface area contributed by atoms with Gasteiger partial charge >= 0.3 is 6.09 Å². The zero-order valence-corrected chi connectivity index (χ0v) is 21.3. The average molecular weight is 478 g/mol. The van der Waals surface area contributed by atoms with E-state index in [1.54, 1.807) is 52.0 Å². The zero-order valence-electron chi connectivity index (χ0n) is 21.3. The fourth-order valence-electron chi connectivity index (χ4n) is 3.55. The van der Waals surface area contributed by atoms with Crippen molar-refractivity contribution in [3.63, 3.8) is 0 Å². The van der Waals surface area contributed by atoms with Gasteiger partial charge in [0.05, 0.1) is 0 Å². The molecule has 3 amide bonds. The quantitative estimate of drug-likeness (QED) is 0.534. The predicted molar refractivity (Wildman–Crippen MR) is 138 cm³/mol. The summed E-state index contributed by atoms with van der Waals surface area (Å²) in [6.07, 6.45) is 5.41. The van der Waals surface area contributed by atoms with Gasteiger partial charge in [0.15, 0.2) is 0 Å². The molecule has 2 rings (SSSR count). The van der Waals surface area contributed by atoms with Gasteiger partial charge in [-0.1, -0.05) is 43.2 Å². The van der Waals surface area contributed by atoms with Gasteiger partial charge in [-0.2, -0.15) is 0 Å². The molecule has 2 atom stereocenters. The standard InChI is InChI=1S/C28H35N3O4/c1-8-18-31(26(33)20(4)29-27(34)35-28(5,6)7)24(22-16-14-21(9-2)15-17-22)25(32)30-23-13-11-10-12-19(23)3/h2,10-17,20,24H,8,18H2,1,3-7H3,(H,29,34)(H,30,32). The summed E-state index contributed by atoms with van der Waals surface area (Å²) in [4.78, 5) is 40.9. The number of ether oxygens (including phenoxy) is 1. The minimum atomic E-state index is -0.934. The van der Waals surface area contributed by atoms with E-state index in [4.69, 9.17) is 11.2 Å². The van der Waals surface area contributed by atoms with Crippen molar-refractivity contribution < 1.29 is 19.1 Å². The minimum absolute atomic E-state index is 0.307. The molecule has 186 valence electrons. The van der Waals surface area contributed by atoms with Crippen molar-refractivity contribution in [1.29, 1.82) is 0 Å². The van der Waals surface area contributed by atoms with Crippen LogP contribution >= 0.6 is 0 Å². The fourth-order valence-corrected chi connectivity index (χ4v) is 3.55. The van der Waals surface area contributed by atoms with Crippen molar-refractivity contribution in [3.05, 3.63) is 65.2 Å². The summed E-state index contributed by atoms with van der Waals surface area (Å²) in [5.74, 6) is 1.80. The van der Waals surface area contributed by atoms with Crippen LogP contribution < -0.4 is 10.6 Å². The van der Waals surface area contributed by atoms with Crippen LogP contribution in [0.25, 0.3) is 0 Å². The van der Waals surface area contributed by atoms with E-state index in [9.17, 15) is 14.4 Å². The normalized spacial score (nSPS) is 12.6. The van der Waals surface area contributed by atoms with E-state index in [2.05, 4.69) is 16.6 Å². The van der Waals surface area contributed by atoms with Crippen molar-refractivity contribution >= 4 is 23.6 Å². The lowest BCUT2D eigenvalue weighted by Gasteiger charge is -2.33. The number of carbonyl (C=O) groups is 3. The number of terminal acetylenes is 1. The molecule has 2 N–H and O–H groups in total. The number of carbonyl (C=O) groups excluding carboxylic acids is 3. The second-order valence-corrected chi connectivity index (χ2v) is 9.37. The van der Waals surface area contributed by atoms with E-state index in [1.807, 2.05) is 38.1 Å². The Hall–Kier alpha value is -3.79. The van der Waals surface area contributed by atoms with Crippen LogP contribution in [0.15, 0.2) is 48.5 Å². The first-order valence-electron chi connectivity index (χ1n) is 11.7. The first kappa shape index (κ1) is 27.5. The molecule has 0 aliphatic heterocycles. The van der Waals surface area contributed by atoms with Crippen LogP contribution in [0.1, 0.15) is 63.8 Å². The molecule has 0 radical (unpaired) electrons. The van der Waals surface area contributed by atoms with Crippen LogP contribution in [0.2, 0.25) is 0 Å². The molecule has 0 aliphatic rings. The number of hydrogen-bond donors (Lipinski definition) is 2. The van der Waals surface area contributed by atoms with Crippen LogP contribution in [0.4, 0.5) is 10.5 Å². The lowest BCUT2D eigenvalue weighted by Crippen LogP contribution is -2.51. The van der Waals surface area contributed by atoms with E-state index in [1.165, 1.54) is 4.90 Å². The number of benzene rings is 2. The Morgan fingerprint density at radius 3 is 2.26 bits per heavy atom. The molecule has 0 heterocycles. The van der Waals surface area contributed by atoms with E-state index in [0.717, 1.165) is 5.56 Å². The molecule has 2 aromatic carbocycles. The van der Waals surface area contributed by atoms with Gasteiger partial charge in [-0.25, -0.2) is 4.79 Å². The summed E-state index contributed by atoms with van der Waals surface area (Å²) in [5, 5.41) is 5.54. The first-order chi connectivity index (χ1) is 16.5. The number of aryl methyl sites for hydroxylation is 1. The molecule has 0 spiro atoms. The minimum Gasteiger partial charge on any atom is -0.444 e. The number of anilines is 1. The third-order valence-corrected chi connectivity index (χ3v) is 5.21. The molecule has 2 aromatic rings. The van der Waals surface area contributed by atoms with Crippen LogP contribution in [0.5, 0.6) is 0 Å². The maximum Gasteiger partial charge on any atom is 0.408 e. The van der Waals surface area contributed by atoms with Crippen molar-refractivity contribution in [2.75, 3.05) is 11.9 Å². The van der Waals surface area contributed by atoms with Gasteiger partial charge in [0.25, 0.3) is 5.91 Å². The summed E-state index contributed by atoms with van der Waals surface area (Å²) in [6, 6.07) is 12.6. The second-order valence-electron chi connectivity index (χ2n) is 9.37. The van der Waals surface area contributed by atoms with Crippen LogP contribution in [0, 0.1) is 19.3 Å². The summed E-state index contributed by atoms with van der Waals surface area (Å²) in [7, 11) is 0. The highest BCUT2D eigenvalue weighted by Gasteiger charge is 2.34. The summed E-state index contributed by atoms with van der Waals surface area (Å²) in [6.45, 7) is 10.9. The number of rotatable bonds is 8. The smallest absolute Gasteiger partial charge is 0.408 e. The number of amides is 3. The number of nitrogens with one attached hydrogen (secondary N) is 2. The molecule has 7 heteroatoms. The number of nitrogens with zero attached hydrogens (tertiary/aromatic N) is 1. The maximum absolute atomic E-state index is 13.6. The number of para-hydroxylation sites is 1. The lowest BCUT2D eigenvalue weighted by atomic mass is 10.0. The highest BCUT2D eigenvalue weighted by Crippen LogP contribution is 2.26. The molecular weight excluding hydrogens is 442 g/mol. The van der Waals surface area contributed by atoms with Gasteiger partial charge in [0, 0.05) is 17.8 Å². The van der Waals surface area contributed by atoms with Crippen LogP contribution in [0.3, 0.4) is 0 Å². The summed E-state index contributed by atoms with van der Waals surface area (Å²) < 4.78 is 5.29. The van der Waals surface area contributed by atoms with Crippen molar-refractivity contribution in [3.8, 4) is 12.3 Å². The molecule has 0 aromatic heterocycles. The second kappa shape index (κ2) is 12.1. The number of alkyl carbamates (subject to hydrolysis) is 1. The molecule has 0 saturated heterocycles. The summed E-state index contributed by atoms with van der Waals surface area (Å²) in [5.41, 5.74) is 2.13. The molecule has 0 aliphatic carbocycles. The Balaban J connectivity index is 2.41. The average Bonchev–Trinajstić information content (AvgIpc) is 2.79. The van der Waals surface area contributed by atoms with Gasteiger partial charge in [0.2, 0.25) is 5.91 Å². The van der Waals surface area contributed by atoms with Gasteiger partial charge in [-0.3, -0.25) is 9.59 Å². The first-order valence-corrected chi connectivity index (χ1v) is 11.7. The molecule has 0 bridgehead atoms. The molecule has 0 saturated carbocycles. The largest absolute Gasteiger partial charge is 0.444 e. The Labute approximate surface area is 208 Å². The molecule has 0 fully saturated rings. The van der Waals surface area contributed by atoms with Gasteiger partial charge in [-0.15, -0.1) is 6.42 Å². The predicted octanol–water partition coefficient (Wildman–Crippen LogP) is 4.81. The number of hydrogen-bond acceptors (Lipinski definition) is 4. The topological polar surface area (TPSA) is 87.7 Å². The van der Waals surface area contributed by atoms with E-state index in [0.29, 0.717) is 29.8 Å². The van der Waals surface area contributed by atoms with Crippen molar-refractivity contribution in [2.45, 2.75) is 65.6 Å². The Kier molecular flexibility index (Phi) is 9.47. The zero-order chi connectivity index (χ0) is 26.2. The Morgan fingerprint density at radius 2 is 1.71 bits per heavy atom. The van der Waals surface area contributed by atoms with E-state index < -0.39 is 29.7 Å². The van der Waals surface area contributed by atoms with E-state index in [-0.39, 0.29) is 5.91 Å². The fraction of sp³-hybridized carbons (Fsp3) is 0.393. The van der Waals surface area contributed by atoms with Gasteiger partial charge in [0.1, 0.15) is 17.7 Å². The molecule has 7 nitrogen and oxygen atoms in total. The third-order valence-electron chi connectivity index (χ3n) is 5.21. The summed E-state index contributed by atoms with van der Waals surface area (Å²) >= 11 is 0. The molecular formula is C28H35N3O4. The highest BCUT2D eigenvalue weighted by molar-refractivity contribution is 5.99. The monoisotopic (exact) mass is 477 g/mol. The van der Waals surface area contributed by atoms with Crippen LogP contribution in [-0.2, 0) is 14.3 Å². The van der Waals surface area contributed by atoms with Crippen molar-refractivity contribution in [2.24, 2.45) is 0 Å². The van der Waals surface area contributed by atoms with Gasteiger partial charge < -0.3 is 20.3 Å². The maximum atomic E-state index is 13.6. The van der Waals surface area contributed by atoms with E-state index >= 15 is 0 Å². The Bertz CT molecular complexity index is 1080. The third kappa shape index (κ3) is 7.89. The molecule has 2 unspecified atom stereocenters.